The van der Waals surface area contributed by atoms with E-state index in [2.05, 4.69) is 45.4 Å². The van der Waals surface area contributed by atoms with Crippen molar-refractivity contribution in [1.29, 1.82) is 0 Å². The summed E-state index contributed by atoms with van der Waals surface area (Å²) in [6.45, 7) is 4.08. The molecule has 3 aromatic heterocycles. The van der Waals surface area contributed by atoms with Crippen molar-refractivity contribution in [3.8, 4) is 16.9 Å². The maximum atomic E-state index is 13.6. The fraction of sp³-hybridized carbons (Fsp3) is 0.345. The van der Waals surface area contributed by atoms with Crippen LogP contribution in [-0.4, -0.2) is 45.0 Å². The van der Waals surface area contributed by atoms with Crippen LogP contribution < -0.4 is 31.3 Å². The predicted molar refractivity (Wildman–Crippen MR) is 160 cm³/mol. The van der Waals surface area contributed by atoms with Gasteiger partial charge in [0.2, 0.25) is 0 Å². The molecule has 2 fully saturated rings. The van der Waals surface area contributed by atoms with Crippen molar-refractivity contribution in [3.63, 3.8) is 0 Å². The monoisotopic (exact) mass is 767 g/mol. The van der Waals surface area contributed by atoms with Gasteiger partial charge in [-0.15, -0.1) is 0 Å². The number of hydrogen-bond acceptors (Lipinski definition) is 7. The first-order chi connectivity index (χ1) is 18.9. The van der Waals surface area contributed by atoms with Crippen LogP contribution in [0.2, 0.25) is 0 Å². The Morgan fingerprint density at radius 2 is 2.05 bits per heavy atom. The number of thiazole rings is 1. The third-order valence-electron chi connectivity index (χ3n) is 7.06. The molecule has 2 unspecified atom stereocenters. The van der Waals surface area contributed by atoms with E-state index in [1.165, 1.54) is 21.3 Å². The van der Waals surface area contributed by atoms with Gasteiger partial charge in [0, 0.05) is 0 Å². The van der Waals surface area contributed by atoms with Gasteiger partial charge in [0.25, 0.3) is 0 Å². The van der Waals surface area contributed by atoms with Crippen LogP contribution in [0.5, 0.6) is 5.75 Å². The van der Waals surface area contributed by atoms with Crippen molar-refractivity contribution in [1.82, 2.24) is 15.0 Å². The molecule has 1 amide bonds. The SMILES string of the molecule is CCI1CCC(Cc2ccc3nc(NC(=O)c4cnc(C)cc4-c4cc(C5C[I-]5)ncc4OC)sc3c2)C1=O. The number of anilines is 1. The van der Waals surface area contributed by atoms with Crippen molar-refractivity contribution in [3.05, 3.63) is 65.2 Å². The molecule has 0 saturated carbocycles. The number of benzene rings is 1. The van der Waals surface area contributed by atoms with Crippen LogP contribution in [0.4, 0.5) is 5.13 Å². The number of nitrogens with one attached hydrogen (secondary N) is 1. The quantitative estimate of drug-likeness (QED) is 0.169. The summed E-state index contributed by atoms with van der Waals surface area (Å²) in [6.07, 6.45) is 5.23. The summed E-state index contributed by atoms with van der Waals surface area (Å²) in [5.74, 6) is 0.558. The summed E-state index contributed by atoms with van der Waals surface area (Å²) in [4.78, 5) is 39.9. The van der Waals surface area contributed by atoms with Gasteiger partial charge >= 0.3 is 251 Å². The fourth-order valence-electron chi connectivity index (χ4n) is 4.90. The van der Waals surface area contributed by atoms with Gasteiger partial charge < -0.3 is 0 Å². The summed E-state index contributed by atoms with van der Waals surface area (Å²) >= 11 is 0.274. The molecule has 2 atom stereocenters. The number of aromatic nitrogens is 3. The number of pyridine rings is 2. The second kappa shape index (κ2) is 11.4. The van der Waals surface area contributed by atoms with Gasteiger partial charge in [-0.25, -0.2) is 0 Å². The maximum absolute atomic E-state index is 13.6. The van der Waals surface area contributed by atoms with E-state index >= 15 is 0 Å². The minimum atomic E-state index is -1.38. The average molecular weight is 767 g/mol. The van der Waals surface area contributed by atoms with Crippen LogP contribution in [-0.2, 0) is 11.2 Å². The van der Waals surface area contributed by atoms with Gasteiger partial charge in [-0.3, -0.25) is 0 Å². The molecule has 5 heterocycles. The van der Waals surface area contributed by atoms with Gasteiger partial charge in [-0.05, 0) is 0 Å². The average Bonchev–Trinajstić information content (AvgIpc) is 3.63. The number of nitrogens with zero attached hydrogens (tertiary/aromatic N) is 3. The van der Waals surface area contributed by atoms with Crippen molar-refractivity contribution >= 4 is 56.2 Å². The molecule has 0 radical (unpaired) electrons. The number of hydrogen-bond donors (Lipinski definition) is 1. The van der Waals surface area contributed by atoms with Crippen LogP contribution in [0.25, 0.3) is 21.3 Å². The fourth-order valence-corrected chi connectivity index (χ4v) is 12.7. The molecule has 0 aliphatic carbocycles. The summed E-state index contributed by atoms with van der Waals surface area (Å²) in [7, 11) is 1.63. The Morgan fingerprint density at radius 3 is 2.79 bits per heavy atom. The van der Waals surface area contributed by atoms with Crippen LogP contribution in [0.15, 0.2) is 42.7 Å². The Morgan fingerprint density at radius 1 is 1.21 bits per heavy atom. The van der Waals surface area contributed by atoms with Crippen molar-refractivity contribution in [2.45, 2.75) is 30.6 Å². The van der Waals surface area contributed by atoms with E-state index in [9.17, 15) is 9.59 Å². The van der Waals surface area contributed by atoms with E-state index in [1.54, 1.807) is 19.5 Å². The first kappa shape index (κ1) is 27.0. The molecular formula is C29H29I2N4O3S-. The molecule has 39 heavy (non-hydrogen) atoms. The molecule has 0 bridgehead atoms. The minimum absolute atomic E-state index is 0.180. The standard InChI is InChI=1S/C29H29I2N4O3S/c1-4-31-8-7-18(27(31)36)10-17-5-6-23-26(11-17)39-29(34-23)35-28(37)21-14-32-16(2)9-19(21)20-12-24(22-13-30-22)33-15-25(20)38-3/h5-6,9,11-12,14-15,18,22H,4,7-8,10,13H2,1-3H3,(H,34,35,37)/q-1. The van der Waals surface area contributed by atoms with E-state index in [0.29, 0.717) is 24.2 Å². The zero-order chi connectivity index (χ0) is 27.1. The van der Waals surface area contributed by atoms with Crippen molar-refractivity contribution in [2.24, 2.45) is 5.92 Å². The second-order valence-corrected chi connectivity index (χ2v) is 20.2. The number of fused-ring (bicyclic) bond motifs is 1. The van der Waals surface area contributed by atoms with Gasteiger partial charge in [0.1, 0.15) is 0 Å². The molecule has 2 saturated heterocycles. The van der Waals surface area contributed by atoms with Crippen LogP contribution in [0, 0.1) is 12.8 Å². The molecule has 1 aromatic carbocycles. The Bertz CT molecular complexity index is 1590. The van der Waals surface area contributed by atoms with E-state index in [4.69, 9.17) is 4.74 Å². The second-order valence-electron chi connectivity index (χ2n) is 9.64. The molecule has 10 heteroatoms. The molecule has 2 aliphatic heterocycles. The van der Waals surface area contributed by atoms with E-state index in [-0.39, 0.29) is 33.0 Å². The molecule has 1 N–H and O–H groups in total. The first-order valence-corrected chi connectivity index (χ1v) is 20.6. The number of alkyl halides is 4. The van der Waals surface area contributed by atoms with Gasteiger partial charge in [-0.2, -0.15) is 0 Å². The number of ether oxygens (including phenoxy) is 1. The van der Waals surface area contributed by atoms with Crippen molar-refractivity contribution in [2.75, 3.05) is 25.7 Å². The zero-order valence-electron chi connectivity index (χ0n) is 22.0. The normalized spacial score (nSPS) is 19.7. The van der Waals surface area contributed by atoms with Crippen LogP contribution in [0.3, 0.4) is 0 Å². The molecule has 0 spiro atoms. The van der Waals surface area contributed by atoms with Crippen LogP contribution >= 0.6 is 31.2 Å². The third-order valence-corrected chi connectivity index (χ3v) is 16.5. The molecule has 7 nitrogen and oxygen atoms in total. The first-order valence-electron chi connectivity index (χ1n) is 12.9. The Labute approximate surface area is 249 Å². The van der Waals surface area contributed by atoms with Gasteiger partial charge in [-0.1, -0.05) is 0 Å². The number of halogens is 2. The summed E-state index contributed by atoms with van der Waals surface area (Å²) < 4.78 is 11.3. The molecule has 2 aliphatic rings. The number of aryl methyl sites for hydroxylation is 1. The Kier molecular flexibility index (Phi) is 7.86. The summed E-state index contributed by atoms with van der Waals surface area (Å²) in [5.41, 5.74) is 6.01. The number of carbonyl (C=O) groups is 2. The third kappa shape index (κ3) is 5.69. The number of amides is 1. The molecule has 6 rings (SSSR count). The molecule has 4 aromatic rings. The van der Waals surface area contributed by atoms with Crippen molar-refractivity contribution < 1.29 is 35.5 Å². The predicted octanol–water partition coefficient (Wildman–Crippen LogP) is 3.08. The van der Waals surface area contributed by atoms with Gasteiger partial charge in [0.15, 0.2) is 0 Å². The van der Waals surface area contributed by atoms with Crippen LogP contribution in [0.1, 0.15) is 44.6 Å². The molecule has 204 valence electrons. The van der Waals surface area contributed by atoms with E-state index < -0.39 is 19.8 Å². The number of carbonyl (C=O) groups excluding carboxylic acids is 2. The molecular weight excluding hydrogens is 738 g/mol. The summed E-state index contributed by atoms with van der Waals surface area (Å²) in [6, 6.07) is 10.2. The van der Waals surface area contributed by atoms with E-state index in [1.807, 2.05) is 19.1 Å². The van der Waals surface area contributed by atoms with Gasteiger partial charge in [0.05, 0.1) is 0 Å². The number of methoxy groups -OCH3 is 1. The Balaban J connectivity index is 1.26. The Hall–Kier alpha value is -2.19. The topological polar surface area (TPSA) is 94.1 Å². The zero-order valence-corrected chi connectivity index (χ0v) is 27.1. The summed E-state index contributed by atoms with van der Waals surface area (Å²) in [5, 5.41) is 3.55. The number of rotatable bonds is 8. The van der Waals surface area contributed by atoms with E-state index in [0.717, 1.165) is 54.4 Å².